The van der Waals surface area contributed by atoms with Gasteiger partial charge in [-0.2, -0.15) is 15.0 Å². The van der Waals surface area contributed by atoms with Crippen molar-refractivity contribution in [2.24, 2.45) is 0 Å². The lowest BCUT2D eigenvalue weighted by Gasteiger charge is -2.26. The Hall–Kier alpha value is -2.86. The van der Waals surface area contributed by atoms with Crippen LogP contribution >= 0.6 is 22.9 Å². The van der Waals surface area contributed by atoms with Gasteiger partial charge in [0.1, 0.15) is 10.7 Å². The normalized spacial score (nSPS) is 14.1. The van der Waals surface area contributed by atoms with Crippen molar-refractivity contribution in [3.63, 3.8) is 0 Å². The van der Waals surface area contributed by atoms with Crippen molar-refractivity contribution in [2.45, 2.75) is 20.3 Å². The summed E-state index contributed by atoms with van der Waals surface area (Å²) in [5, 5.41) is 10.2. The molecule has 1 fully saturated rings. The molecule has 10 nitrogen and oxygen atoms in total. The molecule has 4 rings (SSSR count). The Labute approximate surface area is 207 Å². The number of para-hydroxylation sites is 1. The molecule has 12 heteroatoms. The fourth-order valence-electron chi connectivity index (χ4n) is 3.44. The molecule has 1 amide bonds. The van der Waals surface area contributed by atoms with Gasteiger partial charge < -0.3 is 15.4 Å². The highest BCUT2D eigenvalue weighted by Crippen LogP contribution is 2.27. The molecule has 1 aromatic carbocycles. The molecular weight excluding hydrogens is 476 g/mol. The number of nitrogens with zero attached hydrogens (tertiary/aromatic N) is 5. The summed E-state index contributed by atoms with van der Waals surface area (Å²) in [6.45, 7) is 9.00. The molecule has 0 unspecified atom stereocenters. The van der Waals surface area contributed by atoms with Gasteiger partial charge in [0.2, 0.25) is 11.9 Å². The number of amides is 1. The van der Waals surface area contributed by atoms with Gasteiger partial charge in [-0.15, -0.1) is 0 Å². The Morgan fingerprint density at radius 3 is 2.76 bits per heavy atom. The lowest BCUT2D eigenvalue weighted by molar-refractivity contribution is 0.0378. The maximum absolute atomic E-state index is 12.7. The molecule has 0 bridgehead atoms. The number of hydrogen-bond acceptors (Lipinski definition) is 10. The van der Waals surface area contributed by atoms with Gasteiger partial charge in [0, 0.05) is 19.6 Å². The van der Waals surface area contributed by atoms with Gasteiger partial charge in [-0.3, -0.25) is 15.0 Å². The van der Waals surface area contributed by atoms with Crippen LogP contribution in [0.25, 0.3) is 0 Å². The van der Waals surface area contributed by atoms with Crippen LogP contribution in [0.4, 0.5) is 22.7 Å². The van der Waals surface area contributed by atoms with E-state index < -0.39 is 0 Å². The predicted octanol–water partition coefficient (Wildman–Crippen LogP) is 3.73. The van der Waals surface area contributed by atoms with E-state index >= 15 is 0 Å². The fraction of sp³-hybridized carbons (Fsp3) is 0.409. The van der Waals surface area contributed by atoms with Crippen LogP contribution in [0.15, 0.2) is 24.4 Å². The second-order valence-electron chi connectivity index (χ2n) is 7.80. The van der Waals surface area contributed by atoms with Crippen LogP contribution in [-0.4, -0.2) is 70.1 Å². The zero-order valence-electron chi connectivity index (χ0n) is 19.1. The van der Waals surface area contributed by atoms with Crippen molar-refractivity contribution in [3.05, 3.63) is 45.7 Å². The van der Waals surface area contributed by atoms with E-state index in [0.29, 0.717) is 38.4 Å². The quantitative estimate of drug-likeness (QED) is 0.376. The molecule has 3 heterocycles. The highest BCUT2D eigenvalue weighted by molar-refractivity contribution is 7.17. The number of nitrogens with one attached hydrogen (secondary N) is 3. The fourth-order valence-corrected chi connectivity index (χ4v) is 4.42. The molecule has 0 spiro atoms. The second kappa shape index (κ2) is 11.5. The van der Waals surface area contributed by atoms with E-state index in [-0.39, 0.29) is 5.91 Å². The molecule has 0 radical (unpaired) electrons. The molecular formula is C22H27ClN8O2S. The first kappa shape index (κ1) is 24.3. The number of ether oxygens (including phenoxy) is 1. The van der Waals surface area contributed by atoms with Crippen LogP contribution in [0.3, 0.4) is 0 Å². The monoisotopic (exact) mass is 502 g/mol. The first-order valence-corrected chi connectivity index (χ1v) is 12.2. The van der Waals surface area contributed by atoms with Gasteiger partial charge >= 0.3 is 0 Å². The number of hydrogen-bond donors (Lipinski definition) is 3. The smallest absolute Gasteiger partial charge is 0.267 e. The van der Waals surface area contributed by atoms with E-state index in [0.717, 1.165) is 51.4 Å². The number of carbonyl (C=O) groups is 1. The van der Waals surface area contributed by atoms with Crippen molar-refractivity contribution in [3.8, 4) is 0 Å². The van der Waals surface area contributed by atoms with Crippen molar-refractivity contribution in [2.75, 3.05) is 55.3 Å². The van der Waals surface area contributed by atoms with Crippen LogP contribution in [0.2, 0.25) is 5.02 Å². The van der Waals surface area contributed by atoms with Crippen LogP contribution in [0.5, 0.6) is 0 Å². The minimum absolute atomic E-state index is 0.281. The number of aryl methyl sites for hydroxylation is 2. The summed E-state index contributed by atoms with van der Waals surface area (Å²) in [6.07, 6.45) is 2.48. The summed E-state index contributed by atoms with van der Waals surface area (Å²) in [5.41, 5.74) is 1.48. The van der Waals surface area contributed by atoms with Gasteiger partial charge in [-0.1, -0.05) is 35.1 Å². The van der Waals surface area contributed by atoms with Gasteiger partial charge in [0.25, 0.3) is 5.91 Å². The van der Waals surface area contributed by atoms with Crippen LogP contribution in [0, 0.1) is 13.8 Å². The number of halogens is 1. The standard InChI is InChI=1S/C22H27ClN8O2S/c1-14-5-3-6-16(23)18(14)28-19(32)17-13-25-22(34-17)30-21-27-15(2)26-20(29-21)24-7-4-8-31-9-11-33-12-10-31/h3,5-6,13H,4,7-12H2,1-2H3,(H,28,32)(H2,24,25,26,27,29,30). The number of carbonyl (C=O) groups excluding carboxylic acids is 1. The minimum atomic E-state index is -0.281. The summed E-state index contributed by atoms with van der Waals surface area (Å²) < 4.78 is 5.38. The Morgan fingerprint density at radius 1 is 1.18 bits per heavy atom. The maximum atomic E-state index is 12.7. The highest BCUT2D eigenvalue weighted by Gasteiger charge is 2.15. The maximum Gasteiger partial charge on any atom is 0.267 e. The average molecular weight is 503 g/mol. The van der Waals surface area contributed by atoms with Gasteiger partial charge in [-0.25, -0.2) is 4.98 Å². The first-order valence-electron chi connectivity index (χ1n) is 11.0. The van der Waals surface area contributed by atoms with E-state index in [1.807, 2.05) is 19.1 Å². The van der Waals surface area contributed by atoms with Crippen molar-refractivity contribution >= 4 is 51.6 Å². The molecule has 0 saturated carbocycles. The lowest BCUT2D eigenvalue weighted by atomic mass is 10.2. The van der Waals surface area contributed by atoms with Crippen molar-refractivity contribution in [1.82, 2.24) is 24.8 Å². The minimum Gasteiger partial charge on any atom is -0.379 e. The molecule has 0 aliphatic carbocycles. The summed E-state index contributed by atoms with van der Waals surface area (Å²) >= 11 is 7.41. The first-order chi connectivity index (χ1) is 16.5. The van der Waals surface area contributed by atoms with Gasteiger partial charge in [0.15, 0.2) is 5.13 Å². The SMILES string of the molecule is Cc1nc(NCCCN2CCOCC2)nc(Nc2ncc(C(=O)Nc3c(C)cccc3Cl)s2)n1. The number of anilines is 4. The number of morpholine rings is 1. The third kappa shape index (κ3) is 6.60. The number of benzene rings is 1. The molecule has 1 aliphatic rings. The highest BCUT2D eigenvalue weighted by atomic mass is 35.5. The van der Waals surface area contributed by atoms with Crippen molar-refractivity contribution in [1.29, 1.82) is 0 Å². The van der Waals surface area contributed by atoms with Crippen LogP contribution in [0.1, 0.15) is 27.5 Å². The number of rotatable bonds is 9. The zero-order chi connectivity index (χ0) is 23.9. The molecule has 1 saturated heterocycles. The van der Waals surface area contributed by atoms with Crippen LogP contribution < -0.4 is 16.0 Å². The molecule has 34 heavy (non-hydrogen) atoms. The molecule has 2 aromatic heterocycles. The average Bonchev–Trinajstić information content (AvgIpc) is 3.28. The van der Waals surface area contributed by atoms with E-state index in [9.17, 15) is 4.79 Å². The molecule has 1 aliphatic heterocycles. The van der Waals surface area contributed by atoms with E-state index in [1.165, 1.54) is 17.5 Å². The van der Waals surface area contributed by atoms with E-state index in [4.69, 9.17) is 16.3 Å². The molecule has 180 valence electrons. The third-order valence-corrected chi connectivity index (χ3v) is 6.42. The number of aromatic nitrogens is 4. The van der Waals surface area contributed by atoms with Crippen LogP contribution in [-0.2, 0) is 4.74 Å². The Morgan fingerprint density at radius 2 is 1.97 bits per heavy atom. The Bertz CT molecular complexity index is 1120. The Kier molecular flexibility index (Phi) is 8.22. The van der Waals surface area contributed by atoms with E-state index in [1.54, 1.807) is 13.0 Å². The zero-order valence-corrected chi connectivity index (χ0v) is 20.7. The molecule has 3 aromatic rings. The van der Waals surface area contributed by atoms with Gasteiger partial charge in [-0.05, 0) is 38.4 Å². The predicted molar refractivity (Wildman–Crippen MR) is 134 cm³/mol. The van der Waals surface area contributed by atoms with Crippen molar-refractivity contribution < 1.29 is 9.53 Å². The van der Waals surface area contributed by atoms with E-state index in [2.05, 4.69) is 40.8 Å². The largest absolute Gasteiger partial charge is 0.379 e. The Balaban J connectivity index is 1.33. The summed E-state index contributed by atoms with van der Waals surface area (Å²) in [5.74, 6) is 1.17. The molecule has 3 N–H and O–H groups in total. The third-order valence-electron chi connectivity index (χ3n) is 5.19. The topological polar surface area (TPSA) is 117 Å². The number of thiazole rings is 1. The second-order valence-corrected chi connectivity index (χ2v) is 9.24. The van der Waals surface area contributed by atoms with Gasteiger partial charge in [0.05, 0.1) is 30.1 Å². The molecule has 0 atom stereocenters. The lowest BCUT2D eigenvalue weighted by Crippen LogP contribution is -2.37. The summed E-state index contributed by atoms with van der Waals surface area (Å²) in [4.78, 5) is 32.9. The summed E-state index contributed by atoms with van der Waals surface area (Å²) in [6, 6.07) is 5.46. The summed E-state index contributed by atoms with van der Waals surface area (Å²) in [7, 11) is 0.